The van der Waals surface area contributed by atoms with Gasteiger partial charge in [-0.3, -0.25) is 0 Å². The van der Waals surface area contributed by atoms with Crippen LogP contribution in [0.4, 0.5) is 0 Å². The lowest BCUT2D eigenvalue weighted by molar-refractivity contribution is -0.131. The molecule has 0 aromatic carbocycles. The van der Waals surface area contributed by atoms with Crippen LogP contribution in [0.15, 0.2) is 24.3 Å². The van der Waals surface area contributed by atoms with Crippen molar-refractivity contribution < 1.29 is 9.90 Å². The maximum absolute atomic E-state index is 9.86. The summed E-state index contributed by atoms with van der Waals surface area (Å²) in [5.41, 5.74) is 0.965. The van der Waals surface area contributed by atoms with Crippen molar-refractivity contribution in [3.63, 3.8) is 0 Å². The number of hydrogen-bond acceptors (Lipinski definition) is 1. The molecule has 0 heterocycles. The van der Waals surface area contributed by atoms with Crippen LogP contribution < -0.4 is 0 Å². The maximum atomic E-state index is 9.86. The molecule has 0 aliphatic carbocycles. The summed E-state index contributed by atoms with van der Waals surface area (Å²) in [6, 6.07) is 0. The third-order valence-electron chi connectivity index (χ3n) is 0.727. The second kappa shape index (κ2) is 3.89. The van der Waals surface area contributed by atoms with Gasteiger partial charge in [-0.25, -0.2) is 4.79 Å². The molecule has 0 saturated carbocycles. The van der Waals surface area contributed by atoms with Crippen molar-refractivity contribution in [1.29, 1.82) is 0 Å². The molecule has 2 heteroatoms. The fourth-order valence-electron chi connectivity index (χ4n) is 0.361. The SMILES string of the molecule is C=C(C)C/C=C/C(=O)O. The summed E-state index contributed by atoms with van der Waals surface area (Å²) in [6.45, 7) is 5.46. The molecule has 0 aliphatic heterocycles. The molecule has 0 unspecified atom stereocenters. The first-order valence-corrected chi connectivity index (χ1v) is 2.67. The summed E-state index contributed by atoms with van der Waals surface area (Å²) in [6.07, 6.45) is 3.34. The Hall–Kier alpha value is -1.05. The first kappa shape index (κ1) is 7.95. The van der Waals surface area contributed by atoms with Gasteiger partial charge < -0.3 is 5.11 Å². The second-order valence-corrected chi connectivity index (χ2v) is 1.90. The summed E-state index contributed by atoms with van der Waals surface area (Å²) in [5, 5.41) is 8.11. The minimum atomic E-state index is -0.906. The van der Waals surface area contributed by atoms with Gasteiger partial charge in [0.2, 0.25) is 0 Å². The van der Waals surface area contributed by atoms with Crippen LogP contribution in [0.1, 0.15) is 13.3 Å². The van der Waals surface area contributed by atoms with Gasteiger partial charge in [0.25, 0.3) is 0 Å². The van der Waals surface area contributed by atoms with Crippen molar-refractivity contribution in [2.75, 3.05) is 0 Å². The number of allylic oxidation sites excluding steroid dienone is 2. The molecule has 0 bridgehead atoms. The van der Waals surface area contributed by atoms with E-state index < -0.39 is 5.97 Å². The van der Waals surface area contributed by atoms with Gasteiger partial charge in [-0.05, 0) is 13.3 Å². The van der Waals surface area contributed by atoms with Crippen LogP contribution in [0.3, 0.4) is 0 Å². The van der Waals surface area contributed by atoms with Gasteiger partial charge in [-0.2, -0.15) is 0 Å². The zero-order valence-corrected chi connectivity index (χ0v) is 5.42. The summed E-state index contributed by atoms with van der Waals surface area (Å²) in [4.78, 5) is 9.86. The number of hydrogen-bond donors (Lipinski definition) is 1. The van der Waals surface area contributed by atoms with E-state index in [4.69, 9.17) is 5.11 Å². The smallest absolute Gasteiger partial charge is 0.327 e. The van der Waals surface area contributed by atoms with Crippen LogP contribution in [-0.2, 0) is 4.79 Å². The van der Waals surface area contributed by atoms with Crippen LogP contribution in [0.2, 0.25) is 0 Å². The van der Waals surface area contributed by atoms with Crippen molar-refractivity contribution in [2.24, 2.45) is 0 Å². The van der Waals surface area contributed by atoms with Crippen LogP contribution >= 0.6 is 0 Å². The van der Waals surface area contributed by atoms with E-state index in [1.807, 2.05) is 6.92 Å². The third-order valence-corrected chi connectivity index (χ3v) is 0.727. The number of carbonyl (C=O) groups is 1. The Kier molecular flexibility index (Phi) is 3.44. The van der Waals surface area contributed by atoms with Crippen LogP contribution in [0.25, 0.3) is 0 Å². The molecule has 0 rings (SSSR count). The fraction of sp³-hybridized carbons (Fsp3) is 0.286. The fourth-order valence-corrected chi connectivity index (χ4v) is 0.361. The van der Waals surface area contributed by atoms with E-state index in [-0.39, 0.29) is 0 Å². The van der Waals surface area contributed by atoms with E-state index >= 15 is 0 Å². The normalized spacial score (nSPS) is 9.89. The predicted molar refractivity (Wildman–Crippen MR) is 36.2 cm³/mol. The Morgan fingerprint density at radius 1 is 1.78 bits per heavy atom. The van der Waals surface area contributed by atoms with Crippen LogP contribution in [-0.4, -0.2) is 11.1 Å². The number of rotatable bonds is 3. The summed E-state index contributed by atoms with van der Waals surface area (Å²) >= 11 is 0. The molecule has 0 radical (unpaired) electrons. The third kappa shape index (κ3) is 6.95. The summed E-state index contributed by atoms with van der Waals surface area (Å²) in [7, 11) is 0. The average Bonchev–Trinajstić information content (AvgIpc) is 1.63. The first-order chi connectivity index (χ1) is 4.13. The average molecular weight is 126 g/mol. The monoisotopic (exact) mass is 126 g/mol. The lowest BCUT2D eigenvalue weighted by atomic mass is 10.2. The molecule has 9 heavy (non-hydrogen) atoms. The summed E-state index contributed by atoms with van der Waals surface area (Å²) in [5.74, 6) is -0.906. The molecule has 0 aromatic heterocycles. The standard InChI is InChI=1S/C7H10O2/c1-6(2)4-3-5-7(8)9/h3,5H,1,4H2,2H3,(H,8,9)/b5-3+. The van der Waals surface area contributed by atoms with E-state index in [2.05, 4.69) is 6.58 Å². The highest BCUT2D eigenvalue weighted by Crippen LogP contribution is 1.94. The highest BCUT2D eigenvalue weighted by molar-refractivity contribution is 5.79. The molecule has 1 N–H and O–H groups in total. The minimum absolute atomic E-state index is 0.645. The molecule has 50 valence electrons. The molecule has 0 amide bonds. The number of aliphatic carboxylic acids is 1. The molecular weight excluding hydrogens is 116 g/mol. The quantitative estimate of drug-likeness (QED) is 0.460. The Bertz CT molecular complexity index is 145. The highest BCUT2D eigenvalue weighted by atomic mass is 16.4. The highest BCUT2D eigenvalue weighted by Gasteiger charge is 1.83. The Labute approximate surface area is 54.5 Å². The van der Waals surface area contributed by atoms with Crippen molar-refractivity contribution in [3.05, 3.63) is 24.3 Å². The van der Waals surface area contributed by atoms with Gasteiger partial charge in [0, 0.05) is 6.08 Å². The van der Waals surface area contributed by atoms with E-state index in [0.29, 0.717) is 6.42 Å². The second-order valence-electron chi connectivity index (χ2n) is 1.90. The largest absolute Gasteiger partial charge is 0.478 e. The Morgan fingerprint density at radius 3 is 2.67 bits per heavy atom. The molecule has 0 aromatic rings. The van der Waals surface area contributed by atoms with E-state index in [9.17, 15) is 4.79 Å². The van der Waals surface area contributed by atoms with Gasteiger partial charge >= 0.3 is 5.97 Å². The maximum Gasteiger partial charge on any atom is 0.327 e. The number of carboxylic acid groups (broad SMARTS) is 1. The molecule has 2 nitrogen and oxygen atoms in total. The zero-order valence-electron chi connectivity index (χ0n) is 5.42. The topological polar surface area (TPSA) is 37.3 Å². The summed E-state index contributed by atoms with van der Waals surface area (Å²) < 4.78 is 0. The van der Waals surface area contributed by atoms with E-state index in [1.54, 1.807) is 6.08 Å². The lowest BCUT2D eigenvalue weighted by Crippen LogP contribution is -1.85. The Balaban J connectivity index is 3.48. The van der Waals surface area contributed by atoms with Crippen LogP contribution in [0, 0.1) is 0 Å². The van der Waals surface area contributed by atoms with Gasteiger partial charge in [0.05, 0.1) is 0 Å². The molecule has 0 spiro atoms. The van der Waals surface area contributed by atoms with Crippen molar-refractivity contribution in [2.45, 2.75) is 13.3 Å². The zero-order chi connectivity index (χ0) is 7.28. The van der Waals surface area contributed by atoms with Crippen LogP contribution in [0.5, 0.6) is 0 Å². The van der Waals surface area contributed by atoms with Gasteiger partial charge in [0.1, 0.15) is 0 Å². The molecule has 0 aliphatic rings. The van der Waals surface area contributed by atoms with E-state index in [1.165, 1.54) is 0 Å². The van der Waals surface area contributed by atoms with E-state index in [0.717, 1.165) is 11.6 Å². The van der Waals surface area contributed by atoms with Gasteiger partial charge in [0.15, 0.2) is 0 Å². The molecule has 0 saturated heterocycles. The Morgan fingerprint density at radius 2 is 2.33 bits per heavy atom. The minimum Gasteiger partial charge on any atom is -0.478 e. The molecule has 0 atom stereocenters. The first-order valence-electron chi connectivity index (χ1n) is 2.67. The van der Waals surface area contributed by atoms with Gasteiger partial charge in [-0.15, -0.1) is 0 Å². The van der Waals surface area contributed by atoms with Gasteiger partial charge in [-0.1, -0.05) is 18.2 Å². The van der Waals surface area contributed by atoms with Crippen molar-refractivity contribution >= 4 is 5.97 Å². The lowest BCUT2D eigenvalue weighted by Gasteiger charge is -1.85. The molecule has 0 fully saturated rings. The number of carboxylic acids is 1. The predicted octanol–water partition coefficient (Wildman–Crippen LogP) is 1.59. The molecular formula is C7H10O2. The van der Waals surface area contributed by atoms with Crippen molar-refractivity contribution in [1.82, 2.24) is 0 Å². The van der Waals surface area contributed by atoms with Crippen molar-refractivity contribution in [3.8, 4) is 0 Å².